The van der Waals surface area contributed by atoms with Crippen LogP contribution in [0.15, 0.2) is 54.9 Å². The monoisotopic (exact) mass is 578 g/mol. The van der Waals surface area contributed by atoms with Crippen molar-refractivity contribution in [2.24, 2.45) is 0 Å². The molecule has 164 valence electrons. The van der Waals surface area contributed by atoms with Gasteiger partial charge in [0.25, 0.3) is 5.91 Å². The smallest absolute Gasteiger partial charge is 0.410 e. The quantitative estimate of drug-likeness (QED) is 0.339. The van der Waals surface area contributed by atoms with Crippen LogP contribution in [0, 0.1) is 0 Å². The second kappa shape index (κ2) is 8.55. The molecule has 2 aromatic heterocycles. The summed E-state index contributed by atoms with van der Waals surface area (Å²) in [7, 11) is 0. The number of halogens is 5. The molecule has 0 saturated carbocycles. The van der Waals surface area contributed by atoms with Crippen molar-refractivity contribution in [1.29, 1.82) is 0 Å². The van der Waals surface area contributed by atoms with E-state index in [0.29, 0.717) is 16.1 Å². The lowest BCUT2D eigenvalue weighted by Crippen LogP contribution is -2.35. The van der Waals surface area contributed by atoms with Crippen LogP contribution in [0.25, 0.3) is 0 Å². The van der Waals surface area contributed by atoms with Crippen LogP contribution in [0.5, 0.6) is 0 Å². The van der Waals surface area contributed by atoms with Gasteiger partial charge in [-0.3, -0.25) is 4.79 Å². The molecule has 1 aromatic carbocycles. The van der Waals surface area contributed by atoms with Gasteiger partial charge in [0, 0.05) is 11.3 Å². The molecule has 1 aliphatic heterocycles. The van der Waals surface area contributed by atoms with E-state index in [1.165, 1.54) is 11.8 Å². The highest BCUT2D eigenvalue weighted by atomic mass is 79.9. The first-order chi connectivity index (χ1) is 14.7. The average Bonchev–Trinajstić information content (AvgIpc) is 3.30. The molecule has 6 nitrogen and oxygen atoms in total. The summed E-state index contributed by atoms with van der Waals surface area (Å²) in [6, 6.07) is 7.69. The van der Waals surface area contributed by atoms with E-state index in [9.17, 15) is 18.0 Å². The number of carbonyl (C=O) groups excluding carboxylic acids is 1. The Kier molecular flexibility index (Phi) is 6.14. The highest BCUT2D eigenvalue weighted by Crippen LogP contribution is 2.46. The average molecular weight is 580 g/mol. The molecule has 4 rings (SSSR count). The summed E-state index contributed by atoms with van der Waals surface area (Å²) >= 11 is 7.88. The van der Waals surface area contributed by atoms with Crippen molar-refractivity contribution in [2.45, 2.75) is 29.6 Å². The second-order valence-electron chi connectivity index (χ2n) is 6.74. The first-order valence-electron chi connectivity index (χ1n) is 9.00. The van der Waals surface area contributed by atoms with E-state index >= 15 is 0 Å². The Morgan fingerprint density at radius 2 is 2.03 bits per heavy atom. The number of rotatable bonds is 4. The third-order valence-corrected chi connectivity index (χ3v) is 6.78. The van der Waals surface area contributed by atoms with Crippen molar-refractivity contribution in [2.75, 3.05) is 16.9 Å². The molecule has 0 spiro atoms. The zero-order chi connectivity index (χ0) is 22.3. The zero-order valence-corrected chi connectivity index (χ0v) is 19.8. The fraction of sp³-hybridized carbons (Fsp3) is 0.263. The van der Waals surface area contributed by atoms with Crippen molar-refractivity contribution < 1.29 is 22.4 Å². The topological polar surface area (TPSA) is 72.1 Å². The van der Waals surface area contributed by atoms with Crippen molar-refractivity contribution in [3.05, 3.63) is 57.0 Å². The fourth-order valence-corrected chi connectivity index (χ4v) is 4.79. The van der Waals surface area contributed by atoms with Gasteiger partial charge in [0.2, 0.25) is 0 Å². The number of hydrogen-bond acceptors (Lipinski definition) is 5. The maximum absolute atomic E-state index is 13.9. The zero-order valence-electron chi connectivity index (χ0n) is 15.8. The van der Waals surface area contributed by atoms with Crippen LogP contribution in [0.2, 0.25) is 0 Å². The summed E-state index contributed by atoms with van der Waals surface area (Å²) in [6.07, 6.45) is -3.04. The van der Waals surface area contributed by atoms with Gasteiger partial charge in [-0.25, -0.2) is 4.68 Å². The van der Waals surface area contributed by atoms with E-state index in [1.807, 2.05) is 18.4 Å². The van der Waals surface area contributed by atoms with E-state index in [2.05, 4.69) is 47.6 Å². The summed E-state index contributed by atoms with van der Waals surface area (Å²) in [5.74, 6) is -0.204. The van der Waals surface area contributed by atoms with Gasteiger partial charge in [0.1, 0.15) is 11.6 Å². The minimum Gasteiger partial charge on any atom is -0.452 e. The SMILES string of the molecule is CSc1ccccc1NC(=O)c1nn2c(c1Br)N[C@H](c1ccc(Br)o1)C[C@@H]2C(F)(F)F. The minimum atomic E-state index is -4.57. The number of amides is 1. The number of carbonyl (C=O) groups is 1. The lowest BCUT2D eigenvalue weighted by atomic mass is 10.0. The van der Waals surface area contributed by atoms with Crippen molar-refractivity contribution >= 4 is 61.0 Å². The van der Waals surface area contributed by atoms with E-state index in [-0.39, 0.29) is 22.4 Å². The van der Waals surface area contributed by atoms with E-state index in [1.54, 1.807) is 24.3 Å². The molecule has 1 amide bonds. The molecule has 3 heterocycles. The van der Waals surface area contributed by atoms with Gasteiger partial charge in [0.05, 0.1) is 16.2 Å². The van der Waals surface area contributed by atoms with Crippen LogP contribution in [0.1, 0.15) is 34.8 Å². The summed E-state index contributed by atoms with van der Waals surface area (Å²) in [5, 5.41) is 9.75. The second-order valence-corrected chi connectivity index (χ2v) is 9.16. The standard InChI is InChI=1S/C19H15Br2F3N4O2S/c1-31-12-5-3-2-4-9(12)26-18(29)16-15(21)17-25-10(11-6-7-14(20)30-11)8-13(19(22,23)24)28(17)27-16/h2-7,10,13,25H,8H2,1H3,(H,26,29)/t10-,13+/m0/s1. The van der Waals surface area contributed by atoms with Crippen LogP contribution in [0.4, 0.5) is 24.7 Å². The lowest BCUT2D eigenvalue weighted by molar-refractivity contribution is -0.174. The molecule has 0 aliphatic carbocycles. The molecular weight excluding hydrogens is 565 g/mol. The maximum atomic E-state index is 13.9. The van der Waals surface area contributed by atoms with Crippen LogP contribution < -0.4 is 10.6 Å². The van der Waals surface area contributed by atoms with Crippen LogP contribution >= 0.6 is 43.6 Å². The molecule has 12 heteroatoms. The Labute approximate surface area is 196 Å². The third kappa shape index (κ3) is 4.37. The number of nitrogens with one attached hydrogen (secondary N) is 2. The number of aromatic nitrogens is 2. The Hall–Kier alpha value is -1.92. The van der Waals surface area contributed by atoms with Crippen molar-refractivity contribution in [1.82, 2.24) is 9.78 Å². The number of furan rings is 1. The number of nitrogens with zero attached hydrogens (tertiary/aromatic N) is 2. The number of anilines is 2. The van der Waals surface area contributed by atoms with Gasteiger partial charge in [-0.2, -0.15) is 18.3 Å². The molecular formula is C19H15Br2F3N4O2S. The summed E-state index contributed by atoms with van der Waals surface area (Å²) < 4.78 is 48.4. The first kappa shape index (κ1) is 22.3. The molecule has 31 heavy (non-hydrogen) atoms. The Morgan fingerprint density at radius 1 is 1.29 bits per heavy atom. The molecule has 3 aromatic rings. The molecule has 0 unspecified atom stereocenters. The highest BCUT2D eigenvalue weighted by Gasteiger charge is 2.48. The lowest BCUT2D eigenvalue weighted by Gasteiger charge is -2.32. The Morgan fingerprint density at radius 3 is 2.68 bits per heavy atom. The third-order valence-electron chi connectivity index (χ3n) is 4.80. The molecule has 2 N–H and O–H groups in total. The number of fused-ring (bicyclic) bond motifs is 1. The number of hydrogen-bond donors (Lipinski definition) is 2. The van der Waals surface area contributed by atoms with E-state index in [4.69, 9.17) is 4.42 Å². The van der Waals surface area contributed by atoms with Gasteiger partial charge in [-0.1, -0.05) is 12.1 Å². The molecule has 0 fully saturated rings. The first-order valence-corrected chi connectivity index (χ1v) is 11.8. The molecule has 1 aliphatic rings. The fourth-order valence-electron chi connectivity index (χ4n) is 3.37. The normalized spacial score (nSPS) is 18.4. The van der Waals surface area contributed by atoms with E-state index in [0.717, 1.165) is 9.58 Å². The summed E-state index contributed by atoms with van der Waals surface area (Å²) in [6.45, 7) is 0. The minimum absolute atomic E-state index is 0.0643. The number of thioether (sulfide) groups is 1. The molecule has 0 radical (unpaired) electrons. The van der Waals surface area contributed by atoms with Gasteiger partial charge in [-0.05, 0) is 62.4 Å². The maximum Gasteiger partial charge on any atom is 0.410 e. The highest BCUT2D eigenvalue weighted by molar-refractivity contribution is 9.10. The van der Waals surface area contributed by atoms with Crippen LogP contribution in [-0.4, -0.2) is 28.1 Å². The van der Waals surface area contributed by atoms with Crippen LogP contribution in [0.3, 0.4) is 0 Å². The van der Waals surface area contributed by atoms with Gasteiger partial charge in [-0.15, -0.1) is 11.8 Å². The number of para-hydroxylation sites is 1. The number of benzene rings is 1. The number of alkyl halides is 3. The molecule has 0 saturated heterocycles. The Bertz CT molecular complexity index is 1130. The Balaban J connectivity index is 1.70. The van der Waals surface area contributed by atoms with Crippen molar-refractivity contribution in [3.63, 3.8) is 0 Å². The molecule has 0 bridgehead atoms. The van der Waals surface area contributed by atoms with Crippen LogP contribution in [-0.2, 0) is 0 Å². The van der Waals surface area contributed by atoms with Gasteiger partial charge < -0.3 is 15.1 Å². The van der Waals surface area contributed by atoms with Crippen molar-refractivity contribution in [3.8, 4) is 0 Å². The summed E-state index contributed by atoms with van der Waals surface area (Å²) in [4.78, 5) is 13.7. The van der Waals surface area contributed by atoms with E-state index < -0.39 is 24.2 Å². The predicted molar refractivity (Wildman–Crippen MR) is 119 cm³/mol. The largest absolute Gasteiger partial charge is 0.452 e. The molecule has 2 atom stereocenters. The summed E-state index contributed by atoms with van der Waals surface area (Å²) in [5.41, 5.74) is 0.408. The van der Waals surface area contributed by atoms with Gasteiger partial charge in [0.15, 0.2) is 16.4 Å². The van der Waals surface area contributed by atoms with Gasteiger partial charge >= 0.3 is 6.18 Å². The predicted octanol–water partition coefficient (Wildman–Crippen LogP) is 6.64.